The molecule has 0 bridgehead atoms. The van der Waals surface area contributed by atoms with Gasteiger partial charge in [-0.15, -0.1) is 0 Å². The Morgan fingerprint density at radius 3 is 3.00 bits per heavy atom. The highest BCUT2D eigenvalue weighted by atomic mass is 16.5. The Hall–Kier alpha value is -0.545. The van der Waals surface area contributed by atoms with Gasteiger partial charge in [-0.1, -0.05) is 6.32 Å². The molecule has 4 nitrogen and oxygen atoms in total. The molecule has 0 unspecified atom stereocenters. The Balaban J connectivity index is 3.04. The van der Waals surface area contributed by atoms with E-state index < -0.39 is 0 Å². The molecule has 0 saturated carbocycles. The van der Waals surface area contributed by atoms with Crippen LogP contribution in [0.3, 0.4) is 0 Å². The summed E-state index contributed by atoms with van der Waals surface area (Å²) in [7, 11) is 1.77. The first-order valence-corrected chi connectivity index (χ1v) is 3.65. The smallest absolute Gasteiger partial charge is 0.305 e. The highest BCUT2D eigenvalue weighted by Gasteiger charge is 2.00. The van der Waals surface area contributed by atoms with Gasteiger partial charge in [0, 0.05) is 6.42 Å². The summed E-state index contributed by atoms with van der Waals surface area (Å²) in [6, 6.07) is 0. The maximum Gasteiger partial charge on any atom is 0.305 e. The number of hydrogen-bond acceptors (Lipinski definition) is 4. The van der Waals surface area contributed by atoms with Crippen LogP contribution in [0.4, 0.5) is 0 Å². The topological polar surface area (TPSA) is 58.6 Å². The molecule has 1 radical (unpaired) electrons. The maximum absolute atomic E-state index is 10.7. The molecule has 0 atom stereocenters. The van der Waals surface area contributed by atoms with E-state index >= 15 is 0 Å². The largest absolute Gasteiger partial charge is 0.466 e. The van der Waals surface area contributed by atoms with Crippen LogP contribution in [0.1, 0.15) is 13.3 Å². The minimum Gasteiger partial charge on any atom is -0.466 e. The molecule has 0 aromatic rings. The van der Waals surface area contributed by atoms with Crippen molar-refractivity contribution >= 4 is 13.2 Å². The van der Waals surface area contributed by atoms with Crippen LogP contribution in [0, 0.1) is 0 Å². The molecule has 0 saturated heterocycles. The zero-order chi connectivity index (χ0) is 8.53. The summed E-state index contributed by atoms with van der Waals surface area (Å²) in [5, 5.41) is 8.14. The van der Waals surface area contributed by atoms with Gasteiger partial charge < -0.3 is 9.94 Å². The molecule has 0 aliphatic rings. The van der Waals surface area contributed by atoms with Crippen molar-refractivity contribution < 1.29 is 14.7 Å². The van der Waals surface area contributed by atoms with Crippen molar-refractivity contribution in [2.45, 2.75) is 19.7 Å². The molecule has 0 aliphatic heterocycles. The predicted octanol–water partition coefficient (Wildman–Crippen LogP) is -0.00160. The number of rotatable bonds is 6. The summed E-state index contributed by atoms with van der Waals surface area (Å²) in [5.41, 5.74) is 1.97. The van der Waals surface area contributed by atoms with Crippen molar-refractivity contribution in [3.05, 3.63) is 0 Å². The fourth-order valence-corrected chi connectivity index (χ4v) is 0.620. The summed E-state index contributed by atoms with van der Waals surface area (Å²) >= 11 is 0. The second-order valence-corrected chi connectivity index (χ2v) is 1.99. The van der Waals surface area contributed by atoms with Gasteiger partial charge in [0.1, 0.15) is 7.28 Å². The van der Waals surface area contributed by atoms with E-state index in [-0.39, 0.29) is 5.97 Å². The average molecular weight is 158 g/mol. The molecule has 0 aromatic heterocycles. The van der Waals surface area contributed by atoms with Crippen LogP contribution in [0.2, 0.25) is 6.32 Å². The van der Waals surface area contributed by atoms with Crippen molar-refractivity contribution in [1.29, 1.82) is 0 Å². The van der Waals surface area contributed by atoms with Crippen molar-refractivity contribution in [3.63, 3.8) is 0 Å². The van der Waals surface area contributed by atoms with E-state index in [0.29, 0.717) is 25.8 Å². The summed E-state index contributed by atoms with van der Waals surface area (Å²) < 4.78 is 4.68. The van der Waals surface area contributed by atoms with E-state index in [1.165, 1.54) is 0 Å². The minimum atomic E-state index is -0.193. The van der Waals surface area contributed by atoms with Crippen LogP contribution in [0.5, 0.6) is 0 Å². The van der Waals surface area contributed by atoms with E-state index in [2.05, 4.69) is 4.74 Å². The van der Waals surface area contributed by atoms with Gasteiger partial charge in [0.05, 0.1) is 6.61 Å². The zero-order valence-corrected chi connectivity index (χ0v) is 6.67. The summed E-state index contributed by atoms with van der Waals surface area (Å²) in [6.45, 7) is 2.20. The second-order valence-electron chi connectivity index (χ2n) is 1.99. The van der Waals surface area contributed by atoms with Crippen molar-refractivity contribution in [1.82, 2.24) is 5.48 Å². The lowest BCUT2D eigenvalue weighted by atomic mass is 9.74. The molecule has 0 aromatic carbocycles. The summed E-state index contributed by atoms with van der Waals surface area (Å²) in [5.74, 6) is -0.193. The van der Waals surface area contributed by atoms with Gasteiger partial charge in [-0.2, -0.15) is 0 Å². The van der Waals surface area contributed by atoms with Crippen LogP contribution in [0.25, 0.3) is 0 Å². The first-order chi connectivity index (χ1) is 5.31. The number of hydroxylamine groups is 1. The zero-order valence-electron chi connectivity index (χ0n) is 6.67. The molecule has 2 N–H and O–H groups in total. The van der Waals surface area contributed by atoms with Crippen LogP contribution in [0.15, 0.2) is 0 Å². The third-order valence-electron chi connectivity index (χ3n) is 1.09. The first kappa shape index (κ1) is 10.5. The van der Waals surface area contributed by atoms with E-state index in [4.69, 9.17) is 5.21 Å². The van der Waals surface area contributed by atoms with Gasteiger partial charge in [0.25, 0.3) is 0 Å². The highest BCUT2D eigenvalue weighted by molar-refractivity contribution is 6.35. The van der Waals surface area contributed by atoms with E-state index in [0.717, 1.165) is 0 Å². The molecular formula is C6H13BNO3. The number of nitrogens with one attached hydrogen (secondary N) is 1. The number of esters is 1. The number of hydrogen-bond donors (Lipinski definition) is 2. The Bertz CT molecular complexity index is 110. The Kier molecular flexibility index (Phi) is 7.19. The second kappa shape index (κ2) is 7.56. The SMILES string of the molecule is CCOC(=O)CC[B]CNO. The first-order valence-electron chi connectivity index (χ1n) is 3.65. The molecule has 0 fully saturated rings. The third-order valence-corrected chi connectivity index (χ3v) is 1.09. The van der Waals surface area contributed by atoms with Crippen LogP contribution < -0.4 is 5.48 Å². The van der Waals surface area contributed by atoms with Gasteiger partial charge >= 0.3 is 5.97 Å². The fourth-order valence-electron chi connectivity index (χ4n) is 0.620. The van der Waals surface area contributed by atoms with Crippen LogP contribution in [-0.2, 0) is 9.53 Å². The highest BCUT2D eigenvalue weighted by Crippen LogP contribution is 1.91. The molecular weight excluding hydrogens is 145 g/mol. The van der Waals surface area contributed by atoms with Crippen LogP contribution in [-0.4, -0.2) is 31.5 Å². The number of carbonyl (C=O) groups excluding carboxylic acids is 1. The predicted molar refractivity (Wildman–Crippen MR) is 41.6 cm³/mol. The van der Waals surface area contributed by atoms with Gasteiger partial charge in [0.15, 0.2) is 0 Å². The summed E-state index contributed by atoms with van der Waals surface area (Å²) in [4.78, 5) is 10.7. The number of carbonyl (C=O) groups is 1. The van der Waals surface area contributed by atoms with Crippen molar-refractivity contribution in [3.8, 4) is 0 Å². The van der Waals surface area contributed by atoms with E-state index in [1.54, 1.807) is 14.2 Å². The quantitative estimate of drug-likeness (QED) is 0.247. The Labute approximate surface area is 67.1 Å². The van der Waals surface area contributed by atoms with E-state index in [1.807, 2.05) is 5.48 Å². The lowest BCUT2D eigenvalue weighted by Crippen LogP contribution is -2.16. The maximum atomic E-state index is 10.7. The van der Waals surface area contributed by atoms with Gasteiger partial charge in [-0.25, -0.2) is 5.48 Å². The van der Waals surface area contributed by atoms with Crippen LogP contribution >= 0.6 is 0 Å². The number of ether oxygens (including phenoxy) is 1. The normalized spacial score (nSPS) is 9.27. The Morgan fingerprint density at radius 1 is 1.73 bits per heavy atom. The van der Waals surface area contributed by atoms with E-state index in [9.17, 15) is 4.79 Å². The molecule has 11 heavy (non-hydrogen) atoms. The van der Waals surface area contributed by atoms with Crippen molar-refractivity contribution in [2.24, 2.45) is 0 Å². The molecule has 0 amide bonds. The van der Waals surface area contributed by atoms with Gasteiger partial charge in [-0.3, -0.25) is 4.79 Å². The third kappa shape index (κ3) is 7.35. The monoisotopic (exact) mass is 158 g/mol. The standard InChI is InChI=1S/C6H13BNO3/c1-2-11-6(9)3-4-7-5-8-10/h8,10H,2-5H2,1H3. The molecule has 0 aliphatic carbocycles. The molecule has 0 heterocycles. The molecule has 63 valence electrons. The van der Waals surface area contributed by atoms with Crippen molar-refractivity contribution in [2.75, 3.05) is 13.1 Å². The molecule has 0 rings (SSSR count). The fraction of sp³-hybridized carbons (Fsp3) is 0.833. The minimum absolute atomic E-state index is 0.193. The molecule has 0 spiro atoms. The lowest BCUT2D eigenvalue weighted by Gasteiger charge is -1.99. The summed E-state index contributed by atoms with van der Waals surface area (Å²) in [6.07, 6.45) is 1.42. The van der Waals surface area contributed by atoms with Gasteiger partial charge in [-0.05, 0) is 13.4 Å². The Morgan fingerprint density at radius 2 is 2.45 bits per heavy atom. The van der Waals surface area contributed by atoms with Gasteiger partial charge in [0.2, 0.25) is 0 Å². The molecule has 5 heteroatoms. The lowest BCUT2D eigenvalue weighted by molar-refractivity contribution is -0.142. The average Bonchev–Trinajstić information content (AvgIpc) is 1.99.